The number of fused-ring (bicyclic) bond motifs is 2. The lowest BCUT2D eigenvalue weighted by atomic mass is 9.49. The first-order valence-electron chi connectivity index (χ1n) is 6.86. The molecule has 2 heteroatoms. The summed E-state index contributed by atoms with van der Waals surface area (Å²) in [4.78, 5) is 11.5. The Bertz CT molecular complexity index is 294. The lowest BCUT2D eigenvalue weighted by molar-refractivity contribution is -0.123. The molecule has 0 N–H and O–H groups in total. The molecule has 0 spiro atoms. The second-order valence-electron chi connectivity index (χ2n) is 6.66. The van der Waals surface area contributed by atoms with Crippen LogP contribution >= 0.6 is 0 Å². The topological polar surface area (TPSA) is 17.1 Å². The third kappa shape index (κ3) is 1.85. The smallest absolute Gasteiger partial charge is 0.132 e. The van der Waals surface area contributed by atoms with Crippen molar-refractivity contribution in [2.75, 3.05) is 0 Å². The predicted molar refractivity (Wildman–Crippen MR) is 65.4 cm³/mol. The zero-order chi connectivity index (χ0) is 11.3. The Balaban J connectivity index is 1.72. The van der Waals surface area contributed by atoms with E-state index in [1.807, 2.05) is 0 Å². The van der Waals surface area contributed by atoms with Crippen LogP contribution in [0.1, 0.15) is 51.9 Å². The normalized spacial score (nSPS) is 47.7. The SMILES string of the molecule is [B]C1(C2CC2)CC2CC(CC(C(C)=O)C2)C1. The minimum absolute atomic E-state index is 0.148. The molecule has 0 heterocycles. The molecule has 2 atom stereocenters. The summed E-state index contributed by atoms with van der Waals surface area (Å²) >= 11 is 0. The van der Waals surface area contributed by atoms with Gasteiger partial charge < -0.3 is 0 Å². The maximum atomic E-state index is 11.5. The molecule has 0 saturated heterocycles. The molecule has 0 aromatic rings. The van der Waals surface area contributed by atoms with E-state index in [-0.39, 0.29) is 5.31 Å². The Morgan fingerprint density at radius 1 is 1.12 bits per heavy atom. The van der Waals surface area contributed by atoms with Gasteiger partial charge in [0.2, 0.25) is 0 Å². The fourth-order valence-corrected chi connectivity index (χ4v) is 4.38. The Morgan fingerprint density at radius 2 is 1.69 bits per heavy atom. The summed E-state index contributed by atoms with van der Waals surface area (Å²) in [5.74, 6) is 3.06. The van der Waals surface area contributed by atoms with Crippen LogP contribution in [-0.2, 0) is 4.79 Å². The standard InChI is InChI=1S/C14H21BO/c1-9(16)12-5-10-4-11(6-12)8-14(15,7-10)13-2-3-13/h10-13H,2-8H2,1H3. The van der Waals surface area contributed by atoms with E-state index in [1.54, 1.807) is 6.92 Å². The molecule has 3 saturated carbocycles. The highest BCUT2D eigenvalue weighted by molar-refractivity contribution is 6.15. The van der Waals surface area contributed by atoms with Gasteiger partial charge in [-0.05, 0) is 43.9 Å². The maximum Gasteiger partial charge on any atom is 0.132 e. The third-order valence-corrected chi connectivity index (χ3v) is 5.21. The first-order valence-corrected chi connectivity index (χ1v) is 6.86. The summed E-state index contributed by atoms with van der Waals surface area (Å²) in [6, 6.07) is 0. The van der Waals surface area contributed by atoms with Crippen LogP contribution in [-0.4, -0.2) is 13.6 Å². The zero-order valence-electron chi connectivity index (χ0n) is 10.2. The van der Waals surface area contributed by atoms with Crippen LogP contribution < -0.4 is 0 Å². The molecule has 3 rings (SSSR count). The van der Waals surface area contributed by atoms with Crippen molar-refractivity contribution in [2.24, 2.45) is 23.7 Å². The van der Waals surface area contributed by atoms with Crippen molar-refractivity contribution >= 4 is 13.6 Å². The second kappa shape index (κ2) is 3.61. The molecule has 3 fully saturated rings. The Labute approximate surface area is 99.8 Å². The quantitative estimate of drug-likeness (QED) is 0.648. The fraction of sp³-hybridized carbons (Fsp3) is 0.929. The van der Waals surface area contributed by atoms with E-state index >= 15 is 0 Å². The molecule has 3 aliphatic rings. The Hall–Kier alpha value is -0.265. The van der Waals surface area contributed by atoms with Crippen LogP contribution in [0.2, 0.25) is 5.31 Å². The van der Waals surface area contributed by atoms with Gasteiger partial charge in [0.25, 0.3) is 0 Å². The van der Waals surface area contributed by atoms with Crippen molar-refractivity contribution in [1.82, 2.24) is 0 Å². The van der Waals surface area contributed by atoms with E-state index in [0.717, 1.165) is 30.6 Å². The van der Waals surface area contributed by atoms with Gasteiger partial charge in [0.15, 0.2) is 0 Å². The average molecular weight is 216 g/mol. The van der Waals surface area contributed by atoms with Gasteiger partial charge in [0, 0.05) is 5.92 Å². The number of hydrogen-bond acceptors (Lipinski definition) is 1. The number of ketones is 1. The minimum atomic E-state index is 0.148. The van der Waals surface area contributed by atoms with E-state index in [1.165, 1.54) is 32.1 Å². The lowest BCUT2D eigenvalue weighted by Gasteiger charge is -2.48. The van der Waals surface area contributed by atoms with E-state index in [9.17, 15) is 4.79 Å². The third-order valence-electron chi connectivity index (χ3n) is 5.21. The summed E-state index contributed by atoms with van der Waals surface area (Å²) in [5.41, 5.74) is 0. The highest BCUT2D eigenvalue weighted by Gasteiger charge is 2.48. The van der Waals surface area contributed by atoms with Crippen molar-refractivity contribution in [3.05, 3.63) is 0 Å². The zero-order valence-corrected chi connectivity index (χ0v) is 10.2. The van der Waals surface area contributed by atoms with Crippen LogP contribution in [0.5, 0.6) is 0 Å². The largest absolute Gasteiger partial charge is 0.300 e. The predicted octanol–water partition coefficient (Wildman–Crippen LogP) is 3.14. The molecule has 16 heavy (non-hydrogen) atoms. The molecule has 1 nitrogen and oxygen atoms in total. The van der Waals surface area contributed by atoms with E-state index in [2.05, 4.69) is 0 Å². The molecule has 2 radical (unpaired) electrons. The highest BCUT2D eigenvalue weighted by Crippen LogP contribution is 2.62. The van der Waals surface area contributed by atoms with Gasteiger partial charge in [-0.3, -0.25) is 4.79 Å². The van der Waals surface area contributed by atoms with Crippen LogP contribution in [0.3, 0.4) is 0 Å². The van der Waals surface area contributed by atoms with Crippen LogP contribution in [0.25, 0.3) is 0 Å². The summed E-state index contributed by atoms with van der Waals surface area (Å²) < 4.78 is 0. The molecule has 2 bridgehead atoms. The van der Waals surface area contributed by atoms with Gasteiger partial charge in [-0.15, -0.1) is 0 Å². The summed E-state index contributed by atoms with van der Waals surface area (Å²) in [5, 5.41) is 0.148. The number of Topliss-reactive ketones (excluding diaryl/α,β-unsaturated/α-hetero) is 1. The van der Waals surface area contributed by atoms with Gasteiger partial charge >= 0.3 is 0 Å². The molecule has 0 aromatic heterocycles. The van der Waals surface area contributed by atoms with Crippen LogP contribution in [0.4, 0.5) is 0 Å². The second-order valence-corrected chi connectivity index (χ2v) is 6.66. The lowest BCUT2D eigenvalue weighted by Crippen LogP contribution is -2.37. The molecule has 3 aliphatic carbocycles. The minimum Gasteiger partial charge on any atom is -0.300 e. The van der Waals surface area contributed by atoms with Crippen molar-refractivity contribution in [2.45, 2.75) is 57.2 Å². The Kier molecular flexibility index (Phi) is 2.45. The number of rotatable bonds is 2. The van der Waals surface area contributed by atoms with E-state index < -0.39 is 0 Å². The van der Waals surface area contributed by atoms with Gasteiger partial charge in [-0.1, -0.05) is 31.0 Å². The van der Waals surface area contributed by atoms with Gasteiger partial charge in [0.05, 0.1) is 7.85 Å². The fourth-order valence-electron chi connectivity index (χ4n) is 4.38. The van der Waals surface area contributed by atoms with Crippen molar-refractivity contribution in [1.29, 1.82) is 0 Å². The Morgan fingerprint density at radius 3 is 2.12 bits per heavy atom. The van der Waals surface area contributed by atoms with Crippen LogP contribution in [0, 0.1) is 23.7 Å². The summed E-state index contributed by atoms with van der Waals surface area (Å²) in [7, 11) is 6.59. The maximum absolute atomic E-state index is 11.5. The van der Waals surface area contributed by atoms with Gasteiger partial charge in [0.1, 0.15) is 5.78 Å². The number of hydrogen-bond donors (Lipinski definition) is 0. The van der Waals surface area contributed by atoms with Gasteiger partial charge in [-0.25, -0.2) is 0 Å². The number of carbonyl (C=O) groups excluding carboxylic acids is 1. The summed E-state index contributed by atoms with van der Waals surface area (Å²) in [6.45, 7) is 1.77. The number of carbonyl (C=O) groups is 1. The first-order chi connectivity index (χ1) is 7.57. The molecular formula is C14H21BO. The molecular weight excluding hydrogens is 195 g/mol. The average Bonchev–Trinajstić information content (AvgIpc) is 2.98. The molecule has 86 valence electrons. The monoisotopic (exact) mass is 216 g/mol. The molecule has 0 aliphatic heterocycles. The first kappa shape index (κ1) is 10.9. The highest BCUT2D eigenvalue weighted by atomic mass is 16.1. The van der Waals surface area contributed by atoms with Crippen molar-refractivity contribution < 1.29 is 4.79 Å². The van der Waals surface area contributed by atoms with E-state index in [0.29, 0.717) is 11.7 Å². The van der Waals surface area contributed by atoms with Crippen molar-refractivity contribution in [3.8, 4) is 0 Å². The van der Waals surface area contributed by atoms with Crippen molar-refractivity contribution in [3.63, 3.8) is 0 Å². The van der Waals surface area contributed by atoms with E-state index in [4.69, 9.17) is 7.85 Å². The molecule has 0 aromatic carbocycles. The molecule has 2 unspecified atom stereocenters. The summed E-state index contributed by atoms with van der Waals surface area (Å²) in [6.07, 6.45) is 8.68. The molecule has 0 amide bonds. The van der Waals surface area contributed by atoms with Gasteiger partial charge in [-0.2, -0.15) is 0 Å². The van der Waals surface area contributed by atoms with Crippen LogP contribution in [0.15, 0.2) is 0 Å².